The van der Waals surface area contributed by atoms with Gasteiger partial charge in [-0.05, 0) is 18.1 Å². The topological polar surface area (TPSA) is 113 Å². The van der Waals surface area contributed by atoms with Crippen molar-refractivity contribution < 1.29 is 14.1 Å². The third-order valence-electron chi connectivity index (χ3n) is 4.30. The summed E-state index contributed by atoms with van der Waals surface area (Å²) in [5.74, 6) is 0.630. The molecule has 0 fully saturated rings. The molecule has 0 saturated carbocycles. The molecule has 2 heterocycles. The van der Waals surface area contributed by atoms with Gasteiger partial charge < -0.3 is 9.51 Å². The van der Waals surface area contributed by atoms with Crippen LogP contribution in [0.1, 0.15) is 50.9 Å². The number of carbonyl (C=O) groups excluding carboxylic acids is 2. The fraction of sp³-hybridized carbons (Fsp3) is 0.400. The number of rotatable bonds is 6. The van der Waals surface area contributed by atoms with E-state index in [0.29, 0.717) is 24.6 Å². The number of hydrogen-bond acceptors (Lipinski definition) is 5. The van der Waals surface area contributed by atoms with Crippen molar-refractivity contribution in [2.24, 2.45) is 0 Å². The molecule has 0 aliphatic heterocycles. The van der Waals surface area contributed by atoms with Gasteiger partial charge in [0.25, 0.3) is 0 Å². The lowest BCUT2D eigenvalue weighted by molar-refractivity contribution is -0.128. The molecule has 28 heavy (non-hydrogen) atoms. The molecule has 0 saturated heterocycles. The molecule has 0 atom stereocenters. The normalized spacial score (nSPS) is 11.5. The van der Waals surface area contributed by atoms with Crippen LogP contribution < -0.4 is 10.9 Å². The van der Waals surface area contributed by atoms with E-state index in [2.05, 4.69) is 26.0 Å². The predicted octanol–water partition coefficient (Wildman–Crippen LogP) is 2.56. The van der Waals surface area contributed by atoms with Gasteiger partial charge in [-0.1, -0.05) is 44.1 Å². The number of aryl methyl sites for hydroxylation is 1. The number of nitrogens with zero attached hydrogens (tertiary/aromatic N) is 2. The second-order valence-corrected chi connectivity index (χ2v) is 7.75. The van der Waals surface area contributed by atoms with Crippen LogP contribution in [0.2, 0.25) is 0 Å². The van der Waals surface area contributed by atoms with E-state index in [0.717, 1.165) is 16.5 Å². The van der Waals surface area contributed by atoms with Crippen LogP contribution in [-0.4, -0.2) is 26.9 Å². The number of H-pyrrole nitrogens is 1. The molecule has 148 valence electrons. The Hall–Kier alpha value is -3.16. The molecular weight excluding hydrogens is 358 g/mol. The van der Waals surface area contributed by atoms with Crippen LogP contribution in [0.5, 0.6) is 0 Å². The molecule has 2 aromatic heterocycles. The fourth-order valence-corrected chi connectivity index (χ4v) is 2.76. The minimum atomic E-state index is -0.273. The fourth-order valence-electron chi connectivity index (χ4n) is 2.76. The zero-order chi connectivity index (χ0) is 20.1. The molecule has 0 spiro atoms. The summed E-state index contributed by atoms with van der Waals surface area (Å²) in [5, 5.41) is 4.95. The lowest BCUT2D eigenvalue weighted by Crippen LogP contribution is -2.42. The monoisotopic (exact) mass is 383 g/mol. The molecule has 3 aromatic rings. The minimum Gasteiger partial charge on any atom is -0.361 e. The Labute approximate surface area is 163 Å². The smallest absolute Gasteiger partial charge is 0.242 e. The van der Waals surface area contributed by atoms with Crippen molar-refractivity contribution in [3.05, 3.63) is 47.7 Å². The zero-order valence-electron chi connectivity index (χ0n) is 16.3. The second-order valence-electron chi connectivity index (χ2n) is 7.75. The molecule has 0 bridgehead atoms. The van der Waals surface area contributed by atoms with Gasteiger partial charge in [-0.2, -0.15) is 4.98 Å². The highest BCUT2D eigenvalue weighted by molar-refractivity contribution is 5.89. The summed E-state index contributed by atoms with van der Waals surface area (Å²) < 4.78 is 5.20. The first kappa shape index (κ1) is 19.6. The maximum absolute atomic E-state index is 12.1. The summed E-state index contributed by atoms with van der Waals surface area (Å²) in [4.78, 5) is 31.5. The molecule has 2 amide bonds. The van der Waals surface area contributed by atoms with E-state index in [-0.39, 0.29) is 30.1 Å². The number of aromatic amines is 1. The largest absolute Gasteiger partial charge is 0.361 e. The maximum atomic E-state index is 12.1. The van der Waals surface area contributed by atoms with Gasteiger partial charge in [0.15, 0.2) is 5.82 Å². The molecule has 8 nitrogen and oxygen atoms in total. The number of aromatic nitrogens is 3. The van der Waals surface area contributed by atoms with Gasteiger partial charge in [0.2, 0.25) is 17.7 Å². The summed E-state index contributed by atoms with van der Waals surface area (Å²) in [6, 6.07) is 7.76. The van der Waals surface area contributed by atoms with E-state index in [4.69, 9.17) is 4.52 Å². The molecular formula is C20H25N5O3. The molecule has 0 radical (unpaired) electrons. The van der Waals surface area contributed by atoms with Gasteiger partial charge in [0.05, 0.1) is 6.42 Å². The van der Waals surface area contributed by atoms with Crippen LogP contribution in [0.3, 0.4) is 0 Å². The van der Waals surface area contributed by atoms with Gasteiger partial charge in [-0.3, -0.25) is 20.4 Å². The molecule has 0 unspecified atom stereocenters. The first-order valence-corrected chi connectivity index (χ1v) is 9.28. The molecule has 3 N–H and O–H groups in total. The van der Waals surface area contributed by atoms with Gasteiger partial charge in [-0.25, -0.2) is 0 Å². The van der Waals surface area contributed by atoms with E-state index >= 15 is 0 Å². The van der Waals surface area contributed by atoms with E-state index in [1.165, 1.54) is 0 Å². The second kappa shape index (κ2) is 8.24. The first-order chi connectivity index (χ1) is 13.3. The number of carbonyl (C=O) groups is 2. The minimum absolute atomic E-state index is 0.172. The number of nitrogens with one attached hydrogen (secondary N) is 3. The number of fused-ring (bicyclic) bond motifs is 1. The van der Waals surface area contributed by atoms with E-state index in [1.54, 1.807) is 0 Å². The average molecular weight is 383 g/mol. The van der Waals surface area contributed by atoms with Crippen LogP contribution >= 0.6 is 0 Å². The molecule has 3 rings (SSSR count). The lowest BCUT2D eigenvalue weighted by Gasteiger charge is -2.10. The van der Waals surface area contributed by atoms with Crippen molar-refractivity contribution in [2.75, 3.05) is 0 Å². The molecule has 8 heteroatoms. The number of para-hydroxylation sites is 1. The van der Waals surface area contributed by atoms with Crippen molar-refractivity contribution in [1.82, 2.24) is 26.0 Å². The Morgan fingerprint density at radius 2 is 1.89 bits per heavy atom. The number of benzene rings is 1. The van der Waals surface area contributed by atoms with Crippen molar-refractivity contribution in [2.45, 2.75) is 51.9 Å². The Morgan fingerprint density at radius 3 is 2.64 bits per heavy atom. The quantitative estimate of drug-likeness (QED) is 0.566. The summed E-state index contributed by atoms with van der Waals surface area (Å²) in [7, 11) is 0. The highest BCUT2D eigenvalue weighted by Crippen LogP contribution is 2.19. The van der Waals surface area contributed by atoms with Crippen LogP contribution in [-0.2, 0) is 27.8 Å². The van der Waals surface area contributed by atoms with Crippen molar-refractivity contribution in [3.8, 4) is 0 Å². The van der Waals surface area contributed by atoms with E-state index in [9.17, 15) is 9.59 Å². The van der Waals surface area contributed by atoms with E-state index in [1.807, 2.05) is 51.2 Å². The third kappa shape index (κ3) is 4.97. The number of hydrazine groups is 1. The first-order valence-electron chi connectivity index (χ1n) is 9.28. The van der Waals surface area contributed by atoms with Crippen molar-refractivity contribution >= 4 is 22.7 Å². The highest BCUT2D eigenvalue weighted by Gasteiger charge is 2.20. The van der Waals surface area contributed by atoms with Gasteiger partial charge in [0, 0.05) is 35.4 Å². The van der Waals surface area contributed by atoms with Crippen LogP contribution in [0, 0.1) is 0 Å². The Kier molecular flexibility index (Phi) is 5.77. The summed E-state index contributed by atoms with van der Waals surface area (Å²) >= 11 is 0. The van der Waals surface area contributed by atoms with Crippen molar-refractivity contribution in [1.29, 1.82) is 0 Å². The van der Waals surface area contributed by atoms with Crippen molar-refractivity contribution in [3.63, 3.8) is 0 Å². The SMILES string of the molecule is CC(C)(C)c1noc(CCCC(=O)NNC(=O)Cc2c[nH]c3ccccc23)n1. The van der Waals surface area contributed by atoms with Crippen LogP contribution in [0.15, 0.2) is 35.0 Å². The highest BCUT2D eigenvalue weighted by atomic mass is 16.5. The predicted molar refractivity (Wildman–Crippen MR) is 104 cm³/mol. The summed E-state index contributed by atoms with van der Waals surface area (Å²) in [6.45, 7) is 6.02. The lowest BCUT2D eigenvalue weighted by atomic mass is 9.96. The summed E-state index contributed by atoms with van der Waals surface area (Å²) in [5.41, 5.74) is 6.58. The number of amides is 2. The molecule has 0 aliphatic carbocycles. The molecule has 0 aliphatic rings. The van der Waals surface area contributed by atoms with Gasteiger partial charge >= 0.3 is 0 Å². The van der Waals surface area contributed by atoms with Crippen LogP contribution in [0.25, 0.3) is 10.9 Å². The zero-order valence-corrected chi connectivity index (χ0v) is 16.3. The molecule has 1 aromatic carbocycles. The Balaban J connectivity index is 1.39. The Morgan fingerprint density at radius 1 is 1.14 bits per heavy atom. The van der Waals surface area contributed by atoms with Gasteiger partial charge in [0.1, 0.15) is 0 Å². The maximum Gasteiger partial charge on any atom is 0.242 e. The van der Waals surface area contributed by atoms with E-state index < -0.39 is 0 Å². The van der Waals surface area contributed by atoms with Gasteiger partial charge in [-0.15, -0.1) is 0 Å². The average Bonchev–Trinajstić information content (AvgIpc) is 3.28. The number of hydrogen-bond donors (Lipinski definition) is 3. The summed E-state index contributed by atoms with van der Waals surface area (Å²) in [6.07, 6.45) is 3.31. The standard InChI is InChI=1S/C20H25N5O3/c1-20(2,3)19-22-18(28-25-19)10-6-9-16(26)23-24-17(27)11-13-12-21-15-8-5-4-7-14(13)15/h4-5,7-8,12,21H,6,9-11H2,1-3H3,(H,23,26)(H,24,27). The Bertz CT molecular complexity index is 968. The third-order valence-corrected chi connectivity index (χ3v) is 4.30. The van der Waals surface area contributed by atoms with Crippen LogP contribution in [0.4, 0.5) is 0 Å².